The van der Waals surface area contributed by atoms with E-state index in [0.717, 1.165) is 0 Å². The molecule has 0 heteroatoms. The average molecular weight is 290 g/mol. The Morgan fingerprint density at radius 3 is 2.23 bits per heavy atom. The van der Waals surface area contributed by atoms with Gasteiger partial charge >= 0.3 is 0 Å². The third kappa shape index (κ3) is 4.89. The number of hydrogen-bond donors (Lipinski definition) is 0. The lowest BCUT2D eigenvalue weighted by molar-refractivity contribution is 1.47. The second kappa shape index (κ2) is 9.57. The maximum atomic E-state index is 3.72. The summed E-state index contributed by atoms with van der Waals surface area (Å²) in [5.74, 6) is 0. The molecule has 0 N–H and O–H groups in total. The molecule has 0 atom stereocenters. The quantitative estimate of drug-likeness (QED) is 0.541. The normalized spacial score (nSPS) is 11.0. The van der Waals surface area contributed by atoms with E-state index in [0.29, 0.717) is 0 Å². The molecule has 0 bridgehead atoms. The second-order valence-electron chi connectivity index (χ2n) is 4.79. The zero-order chi connectivity index (χ0) is 16.4. The van der Waals surface area contributed by atoms with Gasteiger partial charge in [-0.05, 0) is 42.2 Å². The van der Waals surface area contributed by atoms with E-state index < -0.39 is 0 Å². The highest BCUT2D eigenvalue weighted by atomic mass is 14.1. The number of benzene rings is 2. The van der Waals surface area contributed by atoms with Crippen molar-refractivity contribution in [3.05, 3.63) is 90.5 Å². The SMILES string of the molecule is C=C/C=C\C(=C/C)c1cccc(-c2ccc(C)cc2)c1.CC. The van der Waals surface area contributed by atoms with Crippen molar-refractivity contribution in [3.8, 4) is 11.1 Å². The summed E-state index contributed by atoms with van der Waals surface area (Å²) in [7, 11) is 0. The summed E-state index contributed by atoms with van der Waals surface area (Å²) in [4.78, 5) is 0. The Labute approximate surface area is 135 Å². The molecule has 2 rings (SSSR count). The minimum atomic E-state index is 1.21. The number of aryl methyl sites for hydroxylation is 1. The summed E-state index contributed by atoms with van der Waals surface area (Å²) in [6.07, 6.45) is 7.97. The van der Waals surface area contributed by atoms with Crippen molar-refractivity contribution in [3.63, 3.8) is 0 Å². The Kier molecular flexibility index (Phi) is 7.70. The molecule has 0 aliphatic carbocycles. The van der Waals surface area contributed by atoms with Gasteiger partial charge in [0.05, 0.1) is 0 Å². The van der Waals surface area contributed by atoms with Gasteiger partial charge in [-0.15, -0.1) is 0 Å². The Hall–Kier alpha value is -2.34. The van der Waals surface area contributed by atoms with E-state index in [4.69, 9.17) is 0 Å². The van der Waals surface area contributed by atoms with Gasteiger partial charge in [-0.25, -0.2) is 0 Å². The number of allylic oxidation sites excluding steroid dienone is 5. The van der Waals surface area contributed by atoms with E-state index >= 15 is 0 Å². The molecule has 114 valence electrons. The van der Waals surface area contributed by atoms with Crippen LogP contribution in [0.3, 0.4) is 0 Å². The maximum Gasteiger partial charge on any atom is -0.0178 e. The topological polar surface area (TPSA) is 0 Å². The van der Waals surface area contributed by atoms with Crippen LogP contribution in [0.4, 0.5) is 0 Å². The molecule has 2 aromatic rings. The molecule has 22 heavy (non-hydrogen) atoms. The molecule has 0 aliphatic heterocycles. The van der Waals surface area contributed by atoms with Crippen LogP contribution in [0.25, 0.3) is 16.7 Å². The van der Waals surface area contributed by atoms with Gasteiger partial charge in [0, 0.05) is 0 Å². The second-order valence-corrected chi connectivity index (χ2v) is 4.79. The first-order valence-electron chi connectivity index (χ1n) is 7.87. The van der Waals surface area contributed by atoms with Gasteiger partial charge in [0.1, 0.15) is 0 Å². The summed E-state index contributed by atoms with van der Waals surface area (Å²) < 4.78 is 0. The van der Waals surface area contributed by atoms with E-state index in [1.165, 1.54) is 27.8 Å². The van der Waals surface area contributed by atoms with E-state index in [-0.39, 0.29) is 0 Å². The maximum absolute atomic E-state index is 3.72. The van der Waals surface area contributed by atoms with Gasteiger partial charge in [-0.3, -0.25) is 0 Å². The molecule has 0 saturated carbocycles. The Morgan fingerprint density at radius 2 is 1.64 bits per heavy atom. The van der Waals surface area contributed by atoms with Crippen LogP contribution in [-0.4, -0.2) is 0 Å². The Bertz CT molecular complexity index is 640. The van der Waals surface area contributed by atoms with Crippen LogP contribution in [-0.2, 0) is 0 Å². The summed E-state index contributed by atoms with van der Waals surface area (Å²) in [5.41, 5.74) is 6.21. The van der Waals surface area contributed by atoms with Crippen LogP contribution in [0.2, 0.25) is 0 Å². The van der Waals surface area contributed by atoms with Crippen molar-refractivity contribution in [2.24, 2.45) is 0 Å². The molecule has 0 amide bonds. The van der Waals surface area contributed by atoms with Gasteiger partial charge in [-0.2, -0.15) is 0 Å². The number of rotatable bonds is 4. The third-order valence-electron chi connectivity index (χ3n) is 3.30. The largest absolute Gasteiger partial charge is 0.0991 e. The lowest BCUT2D eigenvalue weighted by Gasteiger charge is -2.07. The van der Waals surface area contributed by atoms with Crippen LogP contribution < -0.4 is 0 Å². The fourth-order valence-corrected chi connectivity index (χ4v) is 2.16. The van der Waals surface area contributed by atoms with Crippen LogP contribution in [0.1, 0.15) is 31.9 Å². The van der Waals surface area contributed by atoms with Gasteiger partial charge in [0.2, 0.25) is 0 Å². The molecule has 0 unspecified atom stereocenters. The van der Waals surface area contributed by atoms with Crippen molar-refractivity contribution < 1.29 is 0 Å². The summed E-state index contributed by atoms with van der Waals surface area (Å²) in [5, 5.41) is 0. The van der Waals surface area contributed by atoms with E-state index in [2.05, 4.69) is 81.1 Å². The molecule has 0 spiro atoms. The lowest BCUT2D eigenvalue weighted by atomic mass is 9.98. The molecule has 0 nitrogen and oxygen atoms in total. The van der Waals surface area contributed by atoms with Gasteiger partial charge in [0.15, 0.2) is 0 Å². The molecule has 0 heterocycles. The predicted molar refractivity (Wildman–Crippen MR) is 101 cm³/mol. The summed E-state index contributed by atoms with van der Waals surface area (Å²) in [6, 6.07) is 17.3. The van der Waals surface area contributed by atoms with E-state index in [1.807, 2.05) is 19.9 Å². The first-order chi connectivity index (χ1) is 10.7. The molecular weight excluding hydrogens is 264 g/mol. The summed E-state index contributed by atoms with van der Waals surface area (Å²) in [6.45, 7) is 11.9. The van der Waals surface area contributed by atoms with Crippen molar-refractivity contribution >= 4 is 5.57 Å². The molecule has 0 aromatic heterocycles. The Balaban J connectivity index is 0.00000116. The fraction of sp³-hybridized carbons (Fsp3) is 0.182. The van der Waals surface area contributed by atoms with Gasteiger partial charge in [-0.1, -0.05) is 92.8 Å². The van der Waals surface area contributed by atoms with E-state index in [9.17, 15) is 0 Å². The Morgan fingerprint density at radius 1 is 0.955 bits per heavy atom. The average Bonchev–Trinajstić information content (AvgIpc) is 2.58. The molecule has 0 fully saturated rings. The van der Waals surface area contributed by atoms with Crippen LogP contribution in [0.5, 0.6) is 0 Å². The summed E-state index contributed by atoms with van der Waals surface area (Å²) >= 11 is 0. The van der Waals surface area contributed by atoms with Crippen molar-refractivity contribution in [1.29, 1.82) is 0 Å². The highest BCUT2D eigenvalue weighted by molar-refractivity contribution is 5.77. The minimum Gasteiger partial charge on any atom is -0.0991 e. The molecule has 0 radical (unpaired) electrons. The fourth-order valence-electron chi connectivity index (χ4n) is 2.16. The zero-order valence-electron chi connectivity index (χ0n) is 14.1. The van der Waals surface area contributed by atoms with Gasteiger partial charge in [0.25, 0.3) is 0 Å². The highest BCUT2D eigenvalue weighted by Gasteiger charge is 2.01. The highest BCUT2D eigenvalue weighted by Crippen LogP contribution is 2.24. The van der Waals surface area contributed by atoms with Gasteiger partial charge < -0.3 is 0 Å². The van der Waals surface area contributed by atoms with E-state index in [1.54, 1.807) is 6.08 Å². The molecule has 0 saturated heterocycles. The molecule has 2 aromatic carbocycles. The van der Waals surface area contributed by atoms with Crippen molar-refractivity contribution in [2.75, 3.05) is 0 Å². The molecular formula is C22H26. The minimum absolute atomic E-state index is 1.21. The standard InChI is InChI=1S/C20H20.C2H6/c1-4-6-8-17(5-2)19-9-7-10-20(15-19)18-13-11-16(3)12-14-18;1-2/h4-15H,1H2,2-3H3;1-2H3/b8-6-,17-5+;. The molecule has 0 aliphatic rings. The first kappa shape index (κ1) is 17.7. The predicted octanol–water partition coefficient (Wildman–Crippen LogP) is 6.83. The zero-order valence-corrected chi connectivity index (χ0v) is 14.1. The van der Waals surface area contributed by atoms with Crippen LogP contribution >= 0.6 is 0 Å². The van der Waals surface area contributed by atoms with Crippen LogP contribution in [0.15, 0.2) is 79.4 Å². The monoisotopic (exact) mass is 290 g/mol. The lowest BCUT2D eigenvalue weighted by Crippen LogP contribution is -1.84. The van der Waals surface area contributed by atoms with Crippen LogP contribution in [0, 0.1) is 6.92 Å². The van der Waals surface area contributed by atoms with Crippen molar-refractivity contribution in [1.82, 2.24) is 0 Å². The number of hydrogen-bond acceptors (Lipinski definition) is 0. The van der Waals surface area contributed by atoms with Crippen molar-refractivity contribution in [2.45, 2.75) is 27.7 Å². The third-order valence-corrected chi connectivity index (χ3v) is 3.30. The first-order valence-corrected chi connectivity index (χ1v) is 7.87. The smallest absolute Gasteiger partial charge is 0.0178 e.